The SMILES string of the molecule is O=C(Nc1ccccc1)N1CCCN(S(=O)(=O)c2cnc[nH]2)CC1. The molecule has 2 amide bonds. The van der Waals surface area contributed by atoms with Crippen molar-refractivity contribution in [3.63, 3.8) is 0 Å². The molecule has 24 heavy (non-hydrogen) atoms. The number of carbonyl (C=O) groups excluding carboxylic acids is 1. The molecule has 1 aliphatic rings. The molecular weight excluding hydrogens is 330 g/mol. The lowest BCUT2D eigenvalue weighted by molar-refractivity contribution is 0.214. The molecule has 9 heteroatoms. The van der Waals surface area contributed by atoms with E-state index in [1.54, 1.807) is 4.90 Å². The summed E-state index contributed by atoms with van der Waals surface area (Å²) in [4.78, 5) is 20.4. The van der Waals surface area contributed by atoms with Gasteiger partial charge in [-0.15, -0.1) is 0 Å². The van der Waals surface area contributed by atoms with Crippen molar-refractivity contribution in [2.24, 2.45) is 0 Å². The van der Waals surface area contributed by atoms with Crippen LogP contribution in [-0.4, -0.2) is 59.8 Å². The minimum absolute atomic E-state index is 0.0738. The summed E-state index contributed by atoms with van der Waals surface area (Å²) in [5, 5.41) is 2.90. The minimum atomic E-state index is -3.59. The van der Waals surface area contributed by atoms with Gasteiger partial charge in [-0.05, 0) is 18.6 Å². The molecule has 128 valence electrons. The third-order valence-corrected chi connectivity index (χ3v) is 5.68. The van der Waals surface area contributed by atoms with Gasteiger partial charge in [0.25, 0.3) is 10.0 Å². The molecule has 0 bridgehead atoms. The van der Waals surface area contributed by atoms with Gasteiger partial charge in [0.1, 0.15) is 0 Å². The van der Waals surface area contributed by atoms with Crippen LogP contribution in [0.4, 0.5) is 10.5 Å². The summed E-state index contributed by atoms with van der Waals surface area (Å²) >= 11 is 0. The van der Waals surface area contributed by atoms with E-state index in [0.29, 0.717) is 31.7 Å². The van der Waals surface area contributed by atoms with E-state index in [9.17, 15) is 13.2 Å². The van der Waals surface area contributed by atoms with Crippen molar-refractivity contribution in [3.8, 4) is 0 Å². The smallest absolute Gasteiger partial charge is 0.321 e. The first-order chi connectivity index (χ1) is 11.6. The van der Waals surface area contributed by atoms with E-state index in [1.807, 2.05) is 30.3 Å². The minimum Gasteiger partial charge on any atom is -0.335 e. The first kappa shape index (κ1) is 16.5. The molecule has 0 spiro atoms. The summed E-state index contributed by atoms with van der Waals surface area (Å²) in [6.45, 7) is 1.47. The van der Waals surface area contributed by atoms with Crippen molar-refractivity contribution in [1.82, 2.24) is 19.2 Å². The van der Waals surface area contributed by atoms with Crippen molar-refractivity contribution in [2.45, 2.75) is 11.4 Å². The van der Waals surface area contributed by atoms with Gasteiger partial charge in [0, 0.05) is 31.9 Å². The van der Waals surface area contributed by atoms with Crippen LogP contribution in [0.25, 0.3) is 0 Å². The Morgan fingerprint density at radius 3 is 2.62 bits per heavy atom. The van der Waals surface area contributed by atoms with E-state index in [4.69, 9.17) is 0 Å². The fourth-order valence-electron chi connectivity index (χ4n) is 2.58. The van der Waals surface area contributed by atoms with Gasteiger partial charge in [-0.1, -0.05) is 18.2 Å². The van der Waals surface area contributed by atoms with Gasteiger partial charge in [-0.2, -0.15) is 4.31 Å². The van der Waals surface area contributed by atoms with Crippen LogP contribution in [0.3, 0.4) is 0 Å². The average molecular weight is 349 g/mol. The topological polar surface area (TPSA) is 98.4 Å². The van der Waals surface area contributed by atoms with E-state index in [1.165, 1.54) is 16.8 Å². The number of benzene rings is 1. The lowest BCUT2D eigenvalue weighted by atomic mass is 10.3. The molecule has 0 atom stereocenters. The number of carbonyl (C=O) groups is 1. The number of urea groups is 1. The summed E-state index contributed by atoms with van der Waals surface area (Å²) in [5.74, 6) is 0. The van der Waals surface area contributed by atoms with Crippen molar-refractivity contribution in [3.05, 3.63) is 42.9 Å². The fraction of sp³-hybridized carbons (Fsp3) is 0.333. The van der Waals surface area contributed by atoms with Gasteiger partial charge >= 0.3 is 6.03 Å². The van der Waals surface area contributed by atoms with Crippen molar-refractivity contribution < 1.29 is 13.2 Å². The van der Waals surface area contributed by atoms with Gasteiger partial charge in [0.2, 0.25) is 0 Å². The molecule has 0 radical (unpaired) electrons. The highest BCUT2D eigenvalue weighted by molar-refractivity contribution is 7.89. The molecule has 1 aromatic heterocycles. The molecule has 2 aromatic rings. The Hall–Kier alpha value is -2.39. The predicted octanol–water partition coefficient (Wildman–Crippen LogP) is 1.34. The van der Waals surface area contributed by atoms with E-state index in [2.05, 4.69) is 15.3 Å². The van der Waals surface area contributed by atoms with Crippen LogP contribution < -0.4 is 5.32 Å². The Morgan fingerprint density at radius 2 is 1.92 bits per heavy atom. The molecule has 0 saturated carbocycles. The second-order valence-electron chi connectivity index (χ2n) is 5.46. The number of aromatic amines is 1. The quantitative estimate of drug-likeness (QED) is 0.873. The molecule has 1 aliphatic heterocycles. The van der Waals surface area contributed by atoms with Gasteiger partial charge in [-0.25, -0.2) is 18.2 Å². The molecule has 1 saturated heterocycles. The second-order valence-corrected chi connectivity index (χ2v) is 7.36. The van der Waals surface area contributed by atoms with Crippen LogP contribution in [0.15, 0.2) is 47.9 Å². The highest BCUT2D eigenvalue weighted by Crippen LogP contribution is 2.16. The summed E-state index contributed by atoms with van der Waals surface area (Å²) in [5.41, 5.74) is 0.716. The average Bonchev–Trinajstić information content (AvgIpc) is 3.00. The Labute approximate surface area is 140 Å². The van der Waals surface area contributed by atoms with Crippen LogP contribution in [0.2, 0.25) is 0 Å². The molecule has 1 aromatic carbocycles. The van der Waals surface area contributed by atoms with Crippen LogP contribution in [0.1, 0.15) is 6.42 Å². The van der Waals surface area contributed by atoms with E-state index >= 15 is 0 Å². The molecular formula is C15H19N5O3S. The number of nitrogens with zero attached hydrogens (tertiary/aromatic N) is 3. The third-order valence-electron chi connectivity index (χ3n) is 3.86. The lowest BCUT2D eigenvalue weighted by Gasteiger charge is -2.21. The van der Waals surface area contributed by atoms with Crippen LogP contribution >= 0.6 is 0 Å². The lowest BCUT2D eigenvalue weighted by Crippen LogP contribution is -2.39. The molecule has 2 N–H and O–H groups in total. The largest absolute Gasteiger partial charge is 0.335 e. The number of hydrogen-bond donors (Lipinski definition) is 2. The normalized spacial score (nSPS) is 16.6. The Balaban J connectivity index is 1.64. The number of anilines is 1. The van der Waals surface area contributed by atoms with Crippen LogP contribution in [0.5, 0.6) is 0 Å². The van der Waals surface area contributed by atoms with Gasteiger partial charge in [0.15, 0.2) is 5.03 Å². The van der Waals surface area contributed by atoms with Crippen LogP contribution in [0, 0.1) is 0 Å². The van der Waals surface area contributed by atoms with Crippen molar-refractivity contribution in [2.75, 3.05) is 31.5 Å². The summed E-state index contributed by atoms with van der Waals surface area (Å²) < 4.78 is 26.4. The first-order valence-corrected chi connectivity index (χ1v) is 9.11. The highest BCUT2D eigenvalue weighted by Gasteiger charge is 2.29. The monoisotopic (exact) mass is 349 g/mol. The number of para-hydroxylation sites is 1. The number of hydrogen-bond acceptors (Lipinski definition) is 4. The second kappa shape index (κ2) is 7.02. The predicted molar refractivity (Wildman–Crippen MR) is 89.0 cm³/mol. The van der Waals surface area contributed by atoms with Crippen molar-refractivity contribution in [1.29, 1.82) is 0 Å². The van der Waals surface area contributed by atoms with E-state index in [-0.39, 0.29) is 17.6 Å². The molecule has 0 aliphatic carbocycles. The number of nitrogens with one attached hydrogen (secondary N) is 2. The number of aromatic nitrogens is 2. The first-order valence-electron chi connectivity index (χ1n) is 7.67. The number of rotatable bonds is 3. The van der Waals surface area contributed by atoms with Crippen molar-refractivity contribution >= 4 is 21.7 Å². The zero-order valence-corrected chi connectivity index (χ0v) is 13.9. The summed E-state index contributed by atoms with van der Waals surface area (Å²) in [7, 11) is -3.59. The standard InChI is InChI=1S/C15H19N5O3S/c21-15(18-13-5-2-1-3-6-13)19-7-4-8-20(10-9-19)24(22,23)14-11-16-12-17-14/h1-3,5-6,11-12H,4,7-10H2,(H,16,17)(H,18,21). The van der Waals surface area contributed by atoms with E-state index < -0.39 is 10.0 Å². The molecule has 2 heterocycles. The Morgan fingerprint density at radius 1 is 1.12 bits per heavy atom. The van der Waals surface area contributed by atoms with E-state index in [0.717, 1.165) is 0 Å². The Kier molecular flexibility index (Phi) is 4.81. The zero-order chi connectivity index (χ0) is 17.0. The Bertz CT molecular complexity index is 777. The maximum atomic E-state index is 12.5. The highest BCUT2D eigenvalue weighted by atomic mass is 32.2. The van der Waals surface area contributed by atoms with Gasteiger partial charge in [-0.3, -0.25) is 0 Å². The van der Waals surface area contributed by atoms with Gasteiger partial charge < -0.3 is 15.2 Å². The zero-order valence-electron chi connectivity index (χ0n) is 13.1. The number of imidazole rings is 1. The number of H-pyrrole nitrogens is 1. The number of sulfonamides is 1. The maximum absolute atomic E-state index is 12.5. The van der Waals surface area contributed by atoms with Gasteiger partial charge in [0.05, 0.1) is 12.5 Å². The molecule has 0 unspecified atom stereocenters. The third kappa shape index (κ3) is 3.57. The molecule has 3 rings (SSSR count). The maximum Gasteiger partial charge on any atom is 0.321 e. The summed E-state index contributed by atoms with van der Waals surface area (Å²) in [6.07, 6.45) is 3.21. The summed E-state index contributed by atoms with van der Waals surface area (Å²) in [6, 6.07) is 8.96. The number of amides is 2. The molecule has 1 fully saturated rings. The fourth-order valence-corrected chi connectivity index (χ4v) is 3.95. The molecule has 8 nitrogen and oxygen atoms in total. The van der Waals surface area contributed by atoms with Crippen LogP contribution in [-0.2, 0) is 10.0 Å².